The van der Waals surface area contributed by atoms with Crippen LogP contribution in [0, 0.1) is 5.92 Å². The van der Waals surface area contributed by atoms with Crippen molar-refractivity contribution in [2.45, 2.75) is 252 Å². The fourth-order valence-corrected chi connectivity index (χ4v) is 6.59. The molecule has 0 heterocycles. The van der Waals surface area contributed by atoms with E-state index < -0.39 is 6.10 Å². The van der Waals surface area contributed by atoms with Crippen molar-refractivity contribution in [3.8, 4) is 0 Å². The lowest BCUT2D eigenvalue weighted by Crippen LogP contribution is -2.30. The van der Waals surface area contributed by atoms with Crippen LogP contribution in [0.4, 0.5) is 0 Å². The van der Waals surface area contributed by atoms with Crippen molar-refractivity contribution in [2.75, 3.05) is 13.2 Å². The van der Waals surface area contributed by atoms with Crippen molar-refractivity contribution in [1.82, 2.24) is 0 Å². The first-order valence-electron chi connectivity index (χ1n) is 22.4. The van der Waals surface area contributed by atoms with E-state index in [0.717, 1.165) is 63.7 Å². The summed E-state index contributed by atoms with van der Waals surface area (Å²) in [6.07, 6.45) is 38.0. The quantitative estimate of drug-likeness (QED) is 0.0356. The van der Waals surface area contributed by atoms with Crippen LogP contribution in [-0.2, 0) is 28.6 Å². The first-order valence-corrected chi connectivity index (χ1v) is 22.4. The highest BCUT2D eigenvalue weighted by molar-refractivity contribution is 5.71. The summed E-state index contributed by atoms with van der Waals surface area (Å²) in [5, 5.41) is 0. The van der Waals surface area contributed by atoms with Crippen molar-refractivity contribution in [3.05, 3.63) is 0 Å². The molecular weight excluding hydrogens is 636 g/mol. The number of ether oxygens (including phenoxy) is 3. The van der Waals surface area contributed by atoms with E-state index in [1.54, 1.807) is 0 Å². The summed E-state index contributed by atoms with van der Waals surface area (Å²) >= 11 is 0. The zero-order valence-corrected chi connectivity index (χ0v) is 34.6. The highest BCUT2D eigenvalue weighted by Gasteiger charge is 2.19. The molecule has 0 amide bonds. The number of hydrogen-bond donors (Lipinski definition) is 0. The van der Waals surface area contributed by atoms with Crippen LogP contribution in [0.3, 0.4) is 0 Å². The van der Waals surface area contributed by atoms with Gasteiger partial charge in [0.05, 0.1) is 0 Å². The van der Waals surface area contributed by atoms with Crippen LogP contribution in [0.1, 0.15) is 246 Å². The SMILES string of the molecule is CCCCCCCCCCCCCCCC(=O)OC[C@H](COC(=O)CCCCCCCCCCCC)OC(=O)CCCCCCCCC(C)CC. The molecule has 0 bridgehead atoms. The van der Waals surface area contributed by atoms with Crippen molar-refractivity contribution in [2.24, 2.45) is 5.92 Å². The average molecular weight is 723 g/mol. The van der Waals surface area contributed by atoms with Crippen LogP contribution in [0.2, 0.25) is 0 Å². The van der Waals surface area contributed by atoms with Crippen LogP contribution in [0.15, 0.2) is 0 Å². The molecule has 0 aromatic carbocycles. The van der Waals surface area contributed by atoms with Crippen molar-refractivity contribution >= 4 is 17.9 Å². The number of unbranched alkanes of at least 4 members (excludes halogenated alkanes) is 26. The smallest absolute Gasteiger partial charge is 0.306 e. The Bertz CT molecular complexity index is 768. The minimum Gasteiger partial charge on any atom is -0.462 e. The molecule has 302 valence electrons. The summed E-state index contributed by atoms with van der Waals surface area (Å²) in [5.41, 5.74) is 0. The molecule has 0 fully saturated rings. The maximum atomic E-state index is 12.7. The lowest BCUT2D eigenvalue weighted by molar-refractivity contribution is -0.167. The molecule has 0 radical (unpaired) electrons. The molecule has 0 aliphatic carbocycles. The second-order valence-electron chi connectivity index (χ2n) is 15.6. The second-order valence-corrected chi connectivity index (χ2v) is 15.6. The van der Waals surface area contributed by atoms with E-state index >= 15 is 0 Å². The third kappa shape index (κ3) is 38.0. The minimum absolute atomic E-state index is 0.0647. The van der Waals surface area contributed by atoms with Crippen LogP contribution in [0.5, 0.6) is 0 Å². The Morgan fingerprint density at radius 2 is 0.686 bits per heavy atom. The van der Waals surface area contributed by atoms with Gasteiger partial charge in [-0.15, -0.1) is 0 Å². The molecule has 0 aliphatic rings. The van der Waals surface area contributed by atoms with E-state index in [1.807, 2.05) is 0 Å². The normalized spacial score (nSPS) is 12.5. The molecule has 0 aromatic rings. The number of rotatable bonds is 40. The largest absolute Gasteiger partial charge is 0.462 e. The zero-order valence-electron chi connectivity index (χ0n) is 34.6. The van der Waals surface area contributed by atoms with E-state index in [-0.39, 0.29) is 31.1 Å². The molecule has 0 aromatic heterocycles. The first kappa shape index (κ1) is 49.4. The fraction of sp³-hybridized carbons (Fsp3) is 0.933. The fourth-order valence-electron chi connectivity index (χ4n) is 6.59. The second kappa shape index (κ2) is 39.6. The van der Waals surface area contributed by atoms with E-state index in [4.69, 9.17) is 14.2 Å². The third-order valence-corrected chi connectivity index (χ3v) is 10.4. The van der Waals surface area contributed by atoms with E-state index in [9.17, 15) is 14.4 Å². The molecule has 6 nitrogen and oxygen atoms in total. The summed E-state index contributed by atoms with van der Waals surface area (Å²) in [4.78, 5) is 37.6. The Labute approximate surface area is 317 Å². The standard InChI is InChI=1S/C45H86O6/c1-5-8-10-12-14-16-18-19-20-22-24-29-33-37-44(47)50-40-42(51-45(48)38-34-30-26-25-27-31-35-41(4)7-3)39-49-43(46)36-32-28-23-21-17-15-13-11-9-6-2/h41-42H,5-40H2,1-4H3/t41?,42-/m0/s1. The van der Waals surface area contributed by atoms with Gasteiger partial charge in [0.1, 0.15) is 13.2 Å². The molecule has 0 aliphatic heterocycles. The summed E-state index contributed by atoms with van der Waals surface area (Å²) in [5.74, 6) is -0.0494. The Balaban J connectivity index is 4.33. The maximum absolute atomic E-state index is 12.7. The monoisotopic (exact) mass is 723 g/mol. The van der Waals surface area contributed by atoms with Gasteiger partial charge in [-0.25, -0.2) is 0 Å². The van der Waals surface area contributed by atoms with Gasteiger partial charge < -0.3 is 14.2 Å². The summed E-state index contributed by atoms with van der Waals surface area (Å²) < 4.78 is 16.7. The Morgan fingerprint density at radius 1 is 0.392 bits per heavy atom. The molecule has 0 N–H and O–H groups in total. The predicted molar refractivity (Wildman–Crippen MR) is 215 cm³/mol. The van der Waals surface area contributed by atoms with Gasteiger partial charge >= 0.3 is 17.9 Å². The molecular formula is C45H86O6. The Hall–Kier alpha value is -1.59. The van der Waals surface area contributed by atoms with Crippen LogP contribution in [0.25, 0.3) is 0 Å². The first-order chi connectivity index (χ1) is 24.9. The van der Waals surface area contributed by atoms with Crippen LogP contribution >= 0.6 is 0 Å². The molecule has 0 rings (SSSR count). The number of esters is 3. The Morgan fingerprint density at radius 3 is 1.02 bits per heavy atom. The third-order valence-electron chi connectivity index (χ3n) is 10.4. The van der Waals surface area contributed by atoms with E-state index in [1.165, 1.54) is 141 Å². The highest BCUT2D eigenvalue weighted by atomic mass is 16.6. The van der Waals surface area contributed by atoms with Crippen molar-refractivity contribution in [3.63, 3.8) is 0 Å². The summed E-state index contributed by atoms with van der Waals surface area (Å²) in [6, 6.07) is 0. The molecule has 1 unspecified atom stereocenters. The summed E-state index contributed by atoms with van der Waals surface area (Å²) in [7, 11) is 0. The highest BCUT2D eigenvalue weighted by Crippen LogP contribution is 2.16. The van der Waals surface area contributed by atoms with Gasteiger partial charge in [0.25, 0.3) is 0 Å². The molecule has 0 spiro atoms. The van der Waals surface area contributed by atoms with Gasteiger partial charge in [-0.3, -0.25) is 14.4 Å². The molecule has 51 heavy (non-hydrogen) atoms. The molecule has 6 heteroatoms. The van der Waals surface area contributed by atoms with Crippen molar-refractivity contribution < 1.29 is 28.6 Å². The zero-order chi connectivity index (χ0) is 37.5. The lowest BCUT2D eigenvalue weighted by Gasteiger charge is -2.18. The van der Waals surface area contributed by atoms with Gasteiger partial charge in [-0.1, -0.05) is 207 Å². The average Bonchev–Trinajstić information content (AvgIpc) is 3.13. The topological polar surface area (TPSA) is 78.9 Å². The Kier molecular flexibility index (Phi) is 38.4. The molecule has 2 atom stereocenters. The van der Waals surface area contributed by atoms with Gasteiger partial charge in [0.15, 0.2) is 6.10 Å². The predicted octanol–water partition coefficient (Wildman–Crippen LogP) is 13.9. The van der Waals surface area contributed by atoms with E-state index in [2.05, 4.69) is 27.7 Å². The van der Waals surface area contributed by atoms with Gasteiger partial charge in [0, 0.05) is 19.3 Å². The van der Waals surface area contributed by atoms with E-state index in [0.29, 0.717) is 19.3 Å². The van der Waals surface area contributed by atoms with Crippen LogP contribution < -0.4 is 0 Å². The van der Waals surface area contributed by atoms with Gasteiger partial charge in [0.2, 0.25) is 0 Å². The minimum atomic E-state index is -0.759. The van der Waals surface area contributed by atoms with Gasteiger partial charge in [-0.2, -0.15) is 0 Å². The maximum Gasteiger partial charge on any atom is 0.306 e. The summed E-state index contributed by atoms with van der Waals surface area (Å²) in [6.45, 7) is 8.95. The lowest BCUT2D eigenvalue weighted by atomic mass is 10.00. The molecule has 0 saturated carbocycles. The van der Waals surface area contributed by atoms with Gasteiger partial charge in [-0.05, 0) is 25.2 Å². The van der Waals surface area contributed by atoms with Crippen LogP contribution in [-0.4, -0.2) is 37.2 Å². The van der Waals surface area contributed by atoms with Crippen molar-refractivity contribution in [1.29, 1.82) is 0 Å². The number of hydrogen-bond acceptors (Lipinski definition) is 6. The number of carbonyl (C=O) groups excluding carboxylic acids is 3. The molecule has 0 saturated heterocycles. The number of carbonyl (C=O) groups is 3.